The summed E-state index contributed by atoms with van der Waals surface area (Å²) in [5.41, 5.74) is 0.937. The number of nitrogens with one attached hydrogen (secondary N) is 1. The SMILES string of the molecule is CCCc1nnsc1-c1nnc(CNC)o1. The lowest BCUT2D eigenvalue weighted by atomic mass is 10.2. The van der Waals surface area contributed by atoms with Crippen molar-refractivity contribution in [2.75, 3.05) is 7.05 Å². The molecule has 0 amide bonds. The maximum absolute atomic E-state index is 5.50. The minimum Gasteiger partial charge on any atom is -0.418 e. The zero-order valence-corrected chi connectivity index (χ0v) is 10.0. The number of hydrogen-bond donors (Lipinski definition) is 1. The fraction of sp³-hybridized carbons (Fsp3) is 0.556. The second-order valence-corrected chi connectivity index (χ2v) is 4.08. The smallest absolute Gasteiger partial charge is 0.261 e. The molecule has 2 aromatic heterocycles. The maximum atomic E-state index is 5.50. The molecule has 0 fully saturated rings. The zero-order chi connectivity index (χ0) is 11.4. The van der Waals surface area contributed by atoms with E-state index in [1.54, 1.807) is 0 Å². The molecule has 7 heteroatoms. The van der Waals surface area contributed by atoms with Gasteiger partial charge in [-0.15, -0.1) is 15.3 Å². The number of nitrogens with zero attached hydrogens (tertiary/aromatic N) is 4. The molecule has 0 aliphatic heterocycles. The first-order valence-electron chi connectivity index (χ1n) is 5.13. The van der Waals surface area contributed by atoms with E-state index in [1.165, 1.54) is 11.5 Å². The summed E-state index contributed by atoms with van der Waals surface area (Å²) in [5.74, 6) is 1.09. The van der Waals surface area contributed by atoms with Crippen molar-refractivity contribution in [3.8, 4) is 10.8 Å². The second kappa shape index (κ2) is 5.13. The summed E-state index contributed by atoms with van der Waals surface area (Å²) >= 11 is 1.30. The molecule has 0 bridgehead atoms. The van der Waals surface area contributed by atoms with Gasteiger partial charge in [0.15, 0.2) is 0 Å². The van der Waals surface area contributed by atoms with Gasteiger partial charge in [0.1, 0.15) is 4.88 Å². The van der Waals surface area contributed by atoms with Crippen LogP contribution in [0, 0.1) is 0 Å². The average molecular weight is 239 g/mol. The maximum Gasteiger partial charge on any atom is 0.261 e. The highest BCUT2D eigenvalue weighted by atomic mass is 32.1. The highest BCUT2D eigenvalue weighted by Gasteiger charge is 2.15. The van der Waals surface area contributed by atoms with Gasteiger partial charge in [-0.3, -0.25) is 0 Å². The van der Waals surface area contributed by atoms with Crippen LogP contribution in [-0.2, 0) is 13.0 Å². The Bertz CT molecular complexity index is 452. The van der Waals surface area contributed by atoms with Crippen molar-refractivity contribution in [1.82, 2.24) is 25.1 Å². The van der Waals surface area contributed by atoms with E-state index in [0.29, 0.717) is 18.3 Å². The lowest BCUT2D eigenvalue weighted by Gasteiger charge is -1.93. The Morgan fingerprint density at radius 1 is 1.31 bits per heavy atom. The molecule has 0 radical (unpaired) electrons. The largest absolute Gasteiger partial charge is 0.418 e. The summed E-state index contributed by atoms with van der Waals surface area (Å²) in [6, 6.07) is 0. The van der Waals surface area contributed by atoms with Gasteiger partial charge in [0, 0.05) is 0 Å². The Balaban J connectivity index is 2.24. The van der Waals surface area contributed by atoms with Gasteiger partial charge < -0.3 is 9.73 Å². The van der Waals surface area contributed by atoms with E-state index in [2.05, 4.69) is 32.0 Å². The molecule has 0 aromatic carbocycles. The van der Waals surface area contributed by atoms with Gasteiger partial charge in [-0.25, -0.2) is 0 Å². The highest BCUT2D eigenvalue weighted by Crippen LogP contribution is 2.25. The van der Waals surface area contributed by atoms with Crippen LogP contribution in [0.25, 0.3) is 10.8 Å². The summed E-state index contributed by atoms with van der Waals surface area (Å²) in [5, 5.41) is 14.9. The number of hydrogen-bond acceptors (Lipinski definition) is 7. The third-order valence-corrected chi connectivity index (χ3v) is 2.79. The average Bonchev–Trinajstić information content (AvgIpc) is 2.87. The molecule has 0 saturated heterocycles. The molecule has 0 saturated carbocycles. The van der Waals surface area contributed by atoms with Gasteiger partial charge in [0.05, 0.1) is 12.2 Å². The highest BCUT2D eigenvalue weighted by molar-refractivity contribution is 7.09. The Morgan fingerprint density at radius 2 is 2.19 bits per heavy atom. The van der Waals surface area contributed by atoms with Crippen molar-refractivity contribution in [1.29, 1.82) is 0 Å². The van der Waals surface area contributed by atoms with Gasteiger partial charge in [-0.2, -0.15) is 0 Å². The van der Waals surface area contributed by atoms with E-state index >= 15 is 0 Å². The molecule has 0 aliphatic carbocycles. The second-order valence-electron chi connectivity index (χ2n) is 3.33. The van der Waals surface area contributed by atoms with Crippen LogP contribution in [0.2, 0.25) is 0 Å². The summed E-state index contributed by atoms with van der Waals surface area (Å²) < 4.78 is 9.42. The lowest BCUT2D eigenvalue weighted by Crippen LogP contribution is -2.04. The van der Waals surface area contributed by atoms with E-state index in [-0.39, 0.29) is 0 Å². The Morgan fingerprint density at radius 3 is 2.94 bits per heavy atom. The summed E-state index contributed by atoms with van der Waals surface area (Å²) in [7, 11) is 1.83. The van der Waals surface area contributed by atoms with Gasteiger partial charge in [-0.1, -0.05) is 17.8 Å². The zero-order valence-electron chi connectivity index (χ0n) is 9.23. The standard InChI is InChI=1S/C9H13N5OS/c1-3-4-6-8(16-14-11-6)9-13-12-7(15-9)5-10-2/h10H,3-5H2,1-2H3. The Hall–Kier alpha value is -1.34. The molecule has 2 heterocycles. The minimum atomic E-state index is 0.517. The molecule has 2 aromatic rings. The molecule has 0 atom stereocenters. The predicted octanol–water partition coefficient (Wildman–Crippen LogP) is 1.26. The molecule has 6 nitrogen and oxygen atoms in total. The van der Waals surface area contributed by atoms with Crippen LogP contribution in [0.3, 0.4) is 0 Å². The number of aryl methyl sites for hydroxylation is 1. The normalized spacial score (nSPS) is 10.9. The molecule has 0 unspecified atom stereocenters. The summed E-state index contributed by atoms with van der Waals surface area (Å²) in [6.07, 6.45) is 1.91. The van der Waals surface area contributed by atoms with Crippen LogP contribution < -0.4 is 5.32 Å². The van der Waals surface area contributed by atoms with Crippen LogP contribution >= 0.6 is 11.5 Å². The van der Waals surface area contributed by atoms with E-state index in [0.717, 1.165) is 23.4 Å². The first-order chi connectivity index (χ1) is 7.85. The summed E-state index contributed by atoms with van der Waals surface area (Å²) in [6.45, 7) is 2.67. The van der Waals surface area contributed by atoms with Crippen molar-refractivity contribution in [2.24, 2.45) is 0 Å². The van der Waals surface area contributed by atoms with Gasteiger partial charge in [-0.05, 0) is 25.0 Å². The molecular weight excluding hydrogens is 226 g/mol. The molecule has 0 aliphatic rings. The van der Waals surface area contributed by atoms with Gasteiger partial charge in [0.2, 0.25) is 5.89 Å². The van der Waals surface area contributed by atoms with Crippen LogP contribution in [-0.4, -0.2) is 26.8 Å². The molecule has 1 N–H and O–H groups in total. The Labute approximate surface area is 97.3 Å². The summed E-state index contributed by atoms with van der Waals surface area (Å²) in [4.78, 5) is 0.886. The number of aromatic nitrogens is 4. The van der Waals surface area contributed by atoms with E-state index in [1.807, 2.05) is 7.05 Å². The first kappa shape index (κ1) is 11.2. The van der Waals surface area contributed by atoms with Crippen LogP contribution in [0.4, 0.5) is 0 Å². The number of rotatable bonds is 5. The quantitative estimate of drug-likeness (QED) is 0.846. The van der Waals surface area contributed by atoms with Crippen molar-refractivity contribution in [2.45, 2.75) is 26.3 Å². The first-order valence-corrected chi connectivity index (χ1v) is 5.91. The van der Waals surface area contributed by atoms with Crippen LogP contribution in [0.5, 0.6) is 0 Å². The van der Waals surface area contributed by atoms with Crippen molar-refractivity contribution in [3.05, 3.63) is 11.6 Å². The molecule has 0 spiro atoms. The van der Waals surface area contributed by atoms with Crippen molar-refractivity contribution in [3.63, 3.8) is 0 Å². The van der Waals surface area contributed by atoms with Gasteiger partial charge in [0.25, 0.3) is 5.89 Å². The fourth-order valence-corrected chi connectivity index (χ4v) is 1.97. The third kappa shape index (κ3) is 2.25. The lowest BCUT2D eigenvalue weighted by molar-refractivity contribution is 0.491. The molecular formula is C9H13N5OS. The van der Waals surface area contributed by atoms with Crippen molar-refractivity contribution >= 4 is 11.5 Å². The van der Waals surface area contributed by atoms with Gasteiger partial charge >= 0.3 is 0 Å². The molecule has 2 rings (SSSR count). The Kier molecular flexibility index (Phi) is 3.58. The van der Waals surface area contributed by atoms with Crippen LogP contribution in [0.15, 0.2) is 4.42 Å². The van der Waals surface area contributed by atoms with Crippen LogP contribution in [0.1, 0.15) is 24.9 Å². The monoisotopic (exact) mass is 239 g/mol. The van der Waals surface area contributed by atoms with E-state index in [4.69, 9.17) is 4.42 Å². The predicted molar refractivity (Wildman–Crippen MR) is 60.0 cm³/mol. The third-order valence-electron chi connectivity index (χ3n) is 2.03. The topological polar surface area (TPSA) is 76.7 Å². The van der Waals surface area contributed by atoms with Crippen molar-refractivity contribution < 1.29 is 4.42 Å². The molecule has 86 valence electrons. The van der Waals surface area contributed by atoms with E-state index < -0.39 is 0 Å². The minimum absolute atomic E-state index is 0.517. The van der Waals surface area contributed by atoms with E-state index in [9.17, 15) is 0 Å². The fourth-order valence-electron chi connectivity index (χ4n) is 1.34. The molecule has 16 heavy (non-hydrogen) atoms.